The summed E-state index contributed by atoms with van der Waals surface area (Å²) in [7, 11) is 1.36. The molecule has 2 saturated heterocycles. The summed E-state index contributed by atoms with van der Waals surface area (Å²) in [5.74, 6) is 1.05. The minimum Gasteiger partial charge on any atom is -0.510 e. The number of allylic oxidation sites excluding steroid dienone is 4. The SMILES string of the molecule is CC[C@H]1/C2=C/c3[nH]c4c(c3C)=C(O)[C@H](C(=O)OC)C=4[C@@H]3N/C(=C\c4[nH]c(c(C(C)=O)c4C)/C=C(\N2)[C@@H]1C)[C@@H](C)[C@@H]3CCC(O)OC/C=C(\C)CCC[C@H](C)CCC[C@H](C)CCCC(C)C. The normalized spacial score (nSPS) is 26.5. The van der Waals surface area contributed by atoms with E-state index in [2.05, 4.69) is 100 Å². The zero-order valence-corrected chi connectivity index (χ0v) is 41.8. The molecule has 10 nitrogen and oxygen atoms in total. The molecule has 0 radical (unpaired) electrons. The van der Waals surface area contributed by atoms with Gasteiger partial charge < -0.3 is 40.3 Å². The summed E-state index contributed by atoms with van der Waals surface area (Å²) in [6.07, 6.45) is 20.7. The van der Waals surface area contributed by atoms with Gasteiger partial charge in [-0.15, -0.1) is 0 Å². The number of hydrogen-bond donors (Lipinski definition) is 6. The fourth-order valence-corrected chi connectivity index (χ4v) is 11.3. The predicted octanol–water partition coefficient (Wildman–Crippen LogP) is 10.5. The maximum atomic E-state index is 13.7. The lowest BCUT2D eigenvalue weighted by molar-refractivity contribution is -0.142. The lowest BCUT2D eigenvalue weighted by Crippen LogP contribution is -2.38. The van der Waals surface area contributed by atoms with E-state index in [9.17, 15) is 19.8 Å². The molecule has 9 atom stereocenters. The minimum atomic E-state index is -0.997. The number of ether oxygens (including phenoxy) is 2. The van der Waals surface area contributed by atoms with E-state index in [0.717, 1.165) is 93.2 Å². The number of carbonyl (C=O) groups excluding carboxylic acids is 2. The van der Waals surface area contributed by atoms with Crippen molar-refractivity contribution >= 4 is 41.3 Å². The second kappa shape index (κ2) is 22.0. The van der Waals surface area contributed by atoms with E-state index in [1.807, 2.05) is 13.8 Å². The molecular weight excluding hydrogens is 813 g/mol. The van der Waals surface area contributed by atoms with Crippen molar-refractivity contribution in [2.24, 2.45) is 47.3 Å². The number of Topliss-reactive ketones (excluding diaryl/α,β-unsaturated/α-hetero) is 1. The van der Waals surface area contributed by atoms with Crippen LogP contribution in [0.4, 0.5) is 0 Å². The summed E-state index contributed by atoms with van der Waals surface area (Å²) in [5, 5.41) is 32.1. The molecular formula is C55H82N4O6. The van der Waals surface area contributed by atoms with E-state index in [4.69, 9.17) is 9.47 Å². The third-order valence-electron chi connectivity index (χ3n) is 15.5. The standard InChI is InChI=1S/C55H82N4O6/c1-13-39-34(7)41-29-46-48(38(11)60)36(9)43(57-46)27-42-35(8)40(52(58-42)50-51(55(63)64-12)54(62)49-37(10)44(59-53(49)50)28-45(39)56-41)23-24-47(61)65-26-25-33(6)22-16-21-32(5)20-15-19-31(4)18-14-17-30(2)3/h25,27-32,34-35,39-40,47,51-52,56-59,61-62H,13-24,26H2,1-12H3/b33-25+,41-29-,42-27-,45-28-/t31-,32-,34-,35+,39-,40+,47?,51-,52-/m1/s1. The van der Waals surface area contributed by atoms with Gasteiger partial charge in [-0.05, 0) is 118 Å². The third kappa shape index (κ3) is 11.3. The van der Waals surface area contributed by atoms with Crippen LogP contribution in [0.25, 0.3) is 29.6 Å². The number of carbonyl (C=O) groups is 2. The van der Waals surface area contributed by atoms with E-state index in [1.165, 1.54) is 57.6 Å². The van der Waals surface area contributed by atoms with Gasteiger partial charge >= 0.3 is 5.97 Å². The van der Waals surface area contributed by atoms with Gasteiger partial charge in [-0.2, -0.15) is 0 Å². The molecule has 65 heavy (non-hydrogen) atoms. The monoisotopic (exact) mass is 895 g/mol. The van der Waals surface area contributed by atoms with Crippen LogP contribution in [0.1, 0.15) is 178 Å². The average Bonchev–Trinajstić information content (AvgIpc) is 4.00. The molecule has 5 heterocycles. The zero-order valence-electron chi connectivity index (χ0n) is 41.8. The summed E-state index contributed by atoms with van der Waals surface area (Å²) in [6.45, 7) is 24.1. The van der Waals surface area contributed by atoms with Crippen LogP contribution < -0.4 is 21.2 Å². The maximum Gasteiger partial charge on any atom is 0.320 e. The summed E-state index contributed by atoms with van der Waals surface area (Å²) in [4.78, 5) is 34.2. The van der Waals surface area contributed by atoms with Crippen LogP contribution in [0.15, 0.2) is 28.7 Å². The molecule has 8 bridgehead atoms. The molecule has 0 amide bonds. The number of methoxy groups -OCH3 is 1. The van der Waals surface area contributed by atoms with Crippen LogP contribution >= 0.6 is 0 Å². The molecule has 0 spiro atoms. The second-order valence-electron chi connectivity index (χ2n) is 20.8. The van der Waals surface area contributed by atoms with Crippen molar-refractivity contribution in [3.8, 4) is 0 Å². The minimum absolute atomic E-state index is 0.00721. The van der Waals surface area contributed by atoms with Crippen molar-refractivity contribution in [2.75, 3.05) is 13.7 Å². The molecule has 358 valence electrons. The number of esters is 1. The maximum absolute atomic E-state index is 13.7. The van der Waals surface area contributed by atoms with Crippen LogP contribution in [0, 0.1) is 61.2 Å². The van der Waals surface area contributed by atoms with Gasteiger partial charge in [0.15, 0.2) is 12.1 Å². The number of ketones is 1. The fraction of sp³-hybridized carbons (Fsp3) is 0.636. The highest BCUT2D eigenvalue weighted by atomic mass is 16.6. The highest BCUT2D eigenvalue weighted by Gasteiger charge is 2.47. The second-order valence-corrected chi connectivity index (χ2v) is 20.8. The largest absolute Gasteiger partial charge is 0.510 e. The Labute approximate surface area is 389 Å². The van der Waals surface area contributed by atoms with Crippen molar-refractivity contribution in [1.82, 2.24) is 20.6 Å². The van der Waals surface area contributed by atoms with E-state index in [-0.39, 0.29) is 35.2 Å². The van der Waals surface area contributed by atoms with E-state index in [1.54, 1.807) is 6.92 Å². The first-order valence-electron chi connectivity index (χ1n) is 25.1. The Bertz CT molecular complexity index is 2290. The Morgan fingerprint density at radius 2 is 1.45 bits per heavy atom. The van der Waals surface area contributed by atoms with Crippen molar-refractivity contribution in [3.63, 3.8) is 0 Å². The number of aliphatic hydroxyl groups is 2. The number of aromatic nitrogens is 2. The first-order valence-corrected chi connectivity index (χ1v) is 25.1. The lowest BCUT2D eigenvalue weighted by Gasteiger charge is -2.27. The lowest BCUT2D eigenvalue weighted by atomic mass is 9.80. The molecule has 1 aliphatic carbocycles. The Hall–Kier alpha value is -4.28. The molecule has 3 aliphatic heterocycles. The first-order chi connectivity index (χ1) is 30.9. The van der Waals surface area contributed by atoms with Crippen LogP contribution in [-0.2, 0) is 14.3 Å². The van der Waals surface area contributed by atoms with E-state index >= 15 is 0 Å². The van der Waals surface area contributed by atoms with Gasteiger partial charge in [0.05, 0.1) is 30.8 Å². The number of fused-ring (bicyclic) bond motifs is 8. The molecule has 10 heteroatoms. The van der Waals surface area contributed by atoms with E-state index < -0.39 is 24.2 Å². The Balaban J connectivity index is 1.21. The third-order valence-corrected chi connectivity index (χ3v) is 15.5. The van der Waals surface area contributed by atoms with Gasteiger partial charge in [-0.3, -0.25) is 9.59 Å². The number of rotatable bonds is 21. The topological polar surface area (TPSA) is 149 Å². The molecule has 6 rings (SSSR count). The quantitative estimate of drug-likeness (QED) is 0.0314. The van der Waals surface area contributed by atoms with Crippen LogP contribution in [0.2, 0.25) is 0 Å². The van der Waals surface area contributed by atoms with Gasteiger partial charge in [0.1, 0.15) is 11.7 Å². The summed E-state index contributed by atoms with van der Waals surface area (Å²) in [5.41, 5.74) is 9.91. The Morgan fingerprint density at radius 1 is 0.815 bits per heavy atom. The first kappa shape index (κ1) is 50.1. The molecule has 1 unspecified atom stereocenters. The number of aliphatic hydroxyl groups excluding tert-OH is 2. The molecule has 4 aliphatic rings. The highest BCUT2D eigenvalue weighted by molar-refractivity contribution is 6.00. The number of nitrogens with one attached hydrogen (secondary N) is 4. The van der Waals surface area contributed by atoms with Crippen LogP contribution in [0.5, 0.6) is 0 Å². The predicted molar refractivity (Wildman–Crippen MR) is 265 cm³/mol. The van der Waals surface area contributed by atoms with Gasteiger partial charge in [0.2, 0.25) is 0 Å². The molecule has 0 aromatic carbocycles. The Morgan fingerprint density at radius 3 is 2.09 bits per heavy atom. The number of aromatic amines is 2. The summed E-state index contributed by atoms with van der Waals surface area (Å²) < 4.78 is 11.4. The van der Waals surface area contributed by atoms with Gasteiger partial charge in [-0.1, -0.05) is 105 Å². The number of hydrogen-bond acceptors (Lipinski definition) is 8. The summed E-state index contributed by atoms with van der Waals surface area (Å²) in [6, 6.07) is -0.397. The average molecular weight is 895 g/mol. The van der Waals surface area contributed by atoms with Crippen molar-refractivity contribution < 1.29 is 29.3 Å². The number of H-pyrrole nitrogens is 2. The van der Waals surface area contributed by atoms with E-state index in [0.29, 0.717) is 30.2 Å². The molecule has 6 N–H and O–H groups in total. The van der Waals surface area contributed by atoms with Crippen molar-refractivity contribution in [3.05, 3.63) is 73.1 Å². The van der Waals surface area contributed by atoms with Crippen LogP contribution in [0.3, 0.4) is 0 Å². The van der Waals surface area contributed by atoms with Crippen LogP contribution in [-0.4, -0.2) is 58.0 Å². The Kier molecular flexibility index (Phi) is 17.0. The van der Waals surface area contributed by atoms with Gasteiger partial charge in [-0.25, -0.2) is 0 Å². The highest BCUT2D eigenvalue weighted by Crippen LogP contribution is 2.43. The fourth-order valence-electron chi connectivity index (χ4n) is 11.3. The zero-order chi connectivity index (χ0) is 47.3. The molecule has 0 saturated carbocycles. The molecule has 2 aromatic heterocycles. The van der Waals surface area contributed by atoms with Gasteiger partial charge in [0, 0.05) is 57.0 Å². The van der Waals surface area contributed by atoms with Gasteiger partial charge in [0.25, 0.3) is 0 Å². The van der Waals surface area contributed by atoms with Crippen molar-refractivity contribution in [2.45, 2.75) is 166 Å². The van der Waals surface area contributed by atoms with Crippen molar-refractivity contribution in [1.29, 1.82) is 0 Å². The molecule has 2 aromatic rings. The molecule has 2 fully saturated rings. The smallest absolute Gasteiger partial charge is 0.320 e. The summed E-state index contributed by atoms with van der Waals surface area (Å²) >= 11 is 0.